The number of rotatable bonds is 9. The summed E-state index contributed by atoms with van der Waals surface area (Å²) in [6.45, 7) is -1.04. The van der Waals surface area contributed by atoms with Crippen molar-refractivity contribution in [2.24, 2.45) is 0 Å². The van der Waals surface area contributed by atoms with Crippen molar-refractivity contribution in [2.45, 2.75) is 18.8 Å². The minimum Gasteiger partial charge on any atom is -0.342 e. The third-order valence-corrected chi connectivity index (χ3v) is 4.43. The predicted molar refractivity (Wildman–Crippen MR) is 101 cm³/mol. The molecule has 0 aromatic heterocycles. The van der Waals surface area contributed by atoms with Crippen LogP contribution < -0.4 is 0 Å². The molecule has 0 radical (unpaired) electrons. The largest absolute Gasteiger partial charge is 0.342 e. The zero-order chi connectivity index (χ0) is 22.3. The Balaban J connectivity index is 1.91. The van der Waals surface area contributed by atoms with Gasteiger partial charge in [-0.05, 0) is 35.4 Å². The van der Waals surface area contributed by atoms with Crippen LogP contribution in [0.4, 0.5) is 17.6 Å². The molecule has 0 heterocycles. The van der Waals surface area contributed by atoms with Crippen molar-refractivity contribution in [3.05, 3.63) is 71.3 Å². The molecule has 0 aliphatic carbocycles. The molecular weight excluding hydrogens is 404 g/mol. The van der Waals surface area contributed by atoms with Gasteiger partial charge in [0.25, 0.3) is 0 Å². The molecule has 0 bridgehead atoms. The van der Waals surface area contributed by atoms with Crippen LogP contribution in [-0.2, 0) is 14.4 Å². The number of alkyl halides is 2. The molecule has 2 unspecified atom stereocenters. The van der Waals surface area contributed by atoms with Gasteiger partial charge in [0.15, 0.2) is 0 Å². The molecule has 0 saturated carbocycles. The number of halogens is 4. The molecule has 30 heavy (non-hydrogen) atoms. The van der Waals surface area contributed by atoms with Gasteiger partial charge in [-0.15, -0.1) is 0 Å². The lowest BCUT2D eigenvalue weighted by molar-refractivity contribution is -0.143. The summed E-state index contributed by atoms with van der Waals surface area (Å²) in [6, 6.07) is 9.12. The molecule has 2 aromatic rings. The highest BCUT2D eigenvalue weighted by Gasteiger charge is 2.24. The maximum Gasteiger partial charge on any atom is 0.238 e. The minimum atomic E-state index is -1.76. The van der Waals surface area contributed by atoms with E-state index in [4.69, 9.17) is 0 Å². The Morgan fingerprint density at radius 3 is 1.70 bits per heavy atom. The average molecular weight is 424 g/mol. The molecule has 2 aromatic carbocycles. The fraction of sp³-hybridized carbons (Fsp3) is 0.286. The van der Waals surface area contributed by atoms with Crippen LogP contribution in [0, 0.1) is 11.6 Å². The molecule has 9 heteroatoms. The lowest BCUT2D eigenvalue weighted by Gasteiger charge is -2.22. The number of carbonyl (C=O) groups is 3. The second-order valence-corrected chi connectivity index (χ2v) is 6.64. The van der Waals surface area contributed by atoms with Gasteiger partial charge >= 0.3 is 0 Å². The van der Waals surface area contributed by atoms with Crippen molar-refractivity contribution in [2.75, 3.05) is 20.1 Å². The van der Waals surface area contributed by atoms with E-state index in [0.29, 0.717) is 4.90 Å². The van der Waals surface area contributed by atoms with E-state index >= 15 is 0 Å². The topological polar surface area (TPSA) is 57.7 Å². The number of amides is 3. The molecule has 0 spiro atoms. The molecule has 2 rings (SSSR count). The van der Waals surface area contributed by atoms with E-state index in [1.54, 1.807) is 0 Å². The van der Waals surface area contributed by atoms with Crippen molar-refractivity contribution in [3.63, 3.8) is 0 Å². The van der Waals surface area contributed by atoms with Crippen molar-refractivity contribution in [1.82, 2.24) is 9.80 Å². The first-order valence-electron chi connectivity index (χ1n) is 8.99. The Labute approximate surface area is 170 Å². The molecule has 160 valence electrons. The van der Waals surface area contributed by atoms with Gasteiger partial charge in [-0.3, -0.25) is 19.3 Å². The number of hydrogen-bond donors (Lipinski definition) is 0. The second-order valence-electron chi connectivity index (χ2n) is 6.64. The Bertz CT molecular complexity index is 875. The van der Waals surface area contributed by atoms with Crippen LogP contribution in [0.25, 0.3) is 0 Å². The molecule has 0 saturated heterocycles. The maximum atomic E-state index is 14.3. The average Bonchev–Trinajstić information content (AvgIpc) is 2.72. The van der Waals surface area contributed by atoms with Crippen molar-refractivity contribution < 1.29 is 31.9 Å². The van der Waals surface area contributed by atoms with Gasteiger partial charge in [0.2, 0.25) is 18.2 Å². The van der Waals surface area contributed by atoms with Crippen molar-refractivity contribution in [3.8, 4) is 0 Å². The highest BCUT2D eigenvalue weighted by atomic mass is 19.1. The maximum absolute atomic E-state index is 14.3. The van der Waals surface area contributed by atoms with Crippen LogP contribution in [0.1, 0.15) is 29.9 Å². The van der Waals surface area contributed by atoms with Gasteiger partial charge in [0, 0.05) is 7.05 Å². The Hall–Kier alpha value is -3.23. The fourth-order valence-corrected chi connectivity index (χ4v) is 2.64. The van der Waals surface area contributed by atoms with E-state index in [1.165, 1.54) is 31.3 Å². The van der Waals surface area contributed by atoms with Crippen molar-refractivity contribution in [1.29, 1.82) is 0 Å². The van der Waals surface area contributed by atoms with Crippen LogP contribution in [0.3, 0.4) is 0 Å². The Morgan fingerprint density at radius 2 is 1.27 bits per heavy atom. The van der Waals surface area contributed by atoms with Crippen molar-refractivity contribution >= 4 is 18.2 Å². The smallest absolute Gasteiger partial charge is 0.238 e. The molecule has 2 atom stereocenters. The second kappa shape index (κ2) is 10.5. The number of carbonyl (C=O) groups excluding carboxylic acids is 3. The molecule has 0 aliphatic heterocycles. The number of benzene rings is 2. The van der Waals surface area contributed by atoms with E-state index in [1.807, 2.05) is 0 Å². The van der Waals surface area contributed by atoms with Crippen LogP contribution in [0.2, 0.25) is 0 Å². The summed E-state index contributed by atoms with van der Waals surface area (Å²) in [5.74, 6) is -2.81. The number of likely N-dealkylation sites (N-methyl/N-ethyl adjacent to an activating group) is 1. The summed E-state index contributed by atoms with van der Waals surface area (Å²) in [6.07, 6.45) is -4.03. The third-order valence-electron chi connectivity index (χ3n) is 4.43. The molecule has 0 aliphatic rings. The minimum absolute atomic E-state index is 0.0686. The van der Waals surface area contributed by atoms with Gasteiger partial charge < -0.3 is 4.90 Å². The Kier molecular flexibility index (Phi) is 8.08. The first-order valence-corrected chi connectivity index (χ1v) is 8.99. The van der Waals surface area contributed by atoms with Gasteiger partial charge in [-0.1, -0.05) is 24.3 Å². The summed E-state index contributed by atoms with van der Waals surface area (Å²) in [4.78, 5) is 37.0. The Morgan fingerprint density at radius 1 is 0.833 bits per heavy atom. The van der Waals surface area contributed by atoms with Gasteiger partial charge in [0.1, 0.15) is 30.4 Å². The van der Waals surface area contributed by atoms with Crippen LogP contribution in [0.15, 0.2) is 48.5 Å². The lowest BCUT2D eigenvalue weighted by Crippen LogP contribution is -2.38. The molecular formula is C21H20F4N2O3. The van der Waals surface area contributed by atoms with Gasteiger partial charge in [-0.2, -0.15) is 0 Å². The summed E-state index contributed by atoms with van der Waals surface area (Å²) in [7, 11) is 1.27. The van der Waals surface area contributed by atoms with E-state index in [2.05, 4.69) is 0 Å². The normalized spacial score (nSPS) is 12.7. The standard InChI is InChI=1S/C21H20F4N2O3/c1-26(11-18(24)14-2-6-16(22)7-3-14)20(29)10-21(30)27(13-28)12-19(25)15-4-8-17(23)9-5-15/h2-9,13,18-19H,10-12H2,1H3. The number of imide groups is 1. The molecule has 5 nitrogen and oxygen atoms in total. The highest BCUT2D eigenvalue weighted by Crippen LogP contribution is 2.20. The summed E-state index contributed by atoms with van der Waals surface area (Å²) >= 11 is 0. The first-order chi connectivity index (χ1) is 14.2. The molecule has 3 amide bonds. The number of nitrogens with zero attached hydrogens (tertiary/aromatic N) is 2. The third kappa shape index (κ3) is 6.40. The van der Waals surface area contributed by atoms with E-state index < -0.39 is 48.8 Å². The SMILES string of the molecule is CN(CC(F)c1ccc(F)cc1)C(=O)CC(=O)N(C=O)CC(F)c1ccc(F)cc1. The summed E-state index contributed by atoms with van der Waals surface area (Å²) in [5, 5.41) is 0. The van der Waals surface area contributed by atoms with E-state index in [-0.39, 0.29) is 24.1 Å². The summed E-state index contributed by atoms with van der Waals surface area (Å²) < 4.78 is 54.4. The highest BCUT2D eigenvalue weighted by molar-refractivity contribution is 6.00. The predicted octanol–water partition coefficient (Wildman–Crippen LogP) is 3.52. The van der Waals surface area contributed by atoms with Crippen LogP contribution in [-0.4, -0.2) is 48.2 Å². The van der Waals surface area contributed by atoms with E-state index in [9.17, 15) is 31.9 Å². The molecule has 0 fully saturated rings. The molecule has 0 N–H and O–H groups in total. The fourth-order valence-electron chi connectivity index (χ4n) is 2.64. The van der Waals surface area contributed by atoms with E-state index in [0.717, 1.165) is 29.2 Å². The van der Waals surface area contributed by atoms with Gasteiger partial charge in [0.05, 0.1) is 13.1 Å². The summed E-state index contributed by atoms with van der Waals surface area (Å²) in [5.41, 5.74) is 0.232. The first kappa shape index (κ1) is 23.1. The van der Waals surface area contributed by atoms with Gasteiger partial charge in [-0.25, -0.2) is 17.6 Å². The van der Waals surface area contributed by atoms with Crippen LogP contribution in [0.5, 0.6) is 0 Å². The quantitative estimate of drug-likeness (QED) is 0.352. The lowest BCUT2D eigenvalue weighted by atomic mass is 10.1. The number of hydrogen-bond acceptors (Lipinski definition) is 3. The monoisotopic (exact) mass is 424 g/mol. The zero-order valence-corrected chi connectivity index (χ0v) is 16.1. The van der Waals surface area contributed by atoms with Crippen LogP contribution >= 0.6 is 0 Å². The zero-order valence-electron chi connectivity index (χ0n) is 16.1.